The fourth-order valence-corrected chi connectivity index (χ4v) is 0.300. The van der Waals surface area contributed by atoms with Crippen LogP contribution in [0.15, 0.2) is 0 Å². The molecule has 0 aliphatic rings. The summed E-state index contributed by atoms with van der Waals surface area (Å²) in [7, 11) is 6.16. The first-order valence-electron chi connectivity index (χ1n) is 2.47. The van der Waals surface area contributed by atoms with Crippen molar-refractivity contribution in [3.63, 3.8) is 0 Å². The van der Waals surface area contributed by atoms with Crippen LogP contribution in [0.3, 0.4) is 0 Å². The Hall–Kier alpha value is -0.120. The van der Waals surface area contributed by atoms with Gasteiger partial charge in [-0.25, -0.2) is 0 Å². The molecule has 0 radical (unpaired) electrons. The van der Waals surface area contributed by atoms with Gasteiger partial charge in [0, 0.05) is 0 Å². The summed E-state index contributed by atoms with van der Waals surface area (Å²) in [6.07, 6.45) is 0. The van der Waals surface area contributed by atoms with Gasteiger partial charge in [-0.3, -0.25) is 0 Å². The molecule has 52 valence electrons. The lowest BCUT2D eigenvalue weighted by molar-refractivity contribution is -0.870. The fraction of sp³-hybridized carbons (Fsp3) is 1.00. The van der Waals surface area contributed by atoms with Crippen LogP contribution in [0.4, 0.5) is 0 Å². The molecule has 0 aliphatic carbocycles. The number of aliphatic hydroxyl groups is 1. The first-order chi connectivity index (χ1) is 3.06. The Morgan fingerprint density at radius 2 is 1.62 bits per heavy atom. The second kappa shape index (κ2) is 3.83. The molecule has 0 unspecified atom stereocenters. The zero-order chi connectivity index (χ0) is 5.91. The second-order valence-corrected chi connectivity index (χ2v) is 2.74. The summed E-state index contributed by atoms with van der Waals surface area (Å²) in [5, 5.41) is 8.39. The molecular weight excluding hydrogens is 110 g/mol. The number of aliphatic hydroxyl groups excluding tert-OH is 1. The average molecular weight is 125 g/mol. The van der Waals surface area contributed by atoms with E-state index in [0.29, 0.717) is 0 Å². The Morgan fingerprint density at radius 3 is 1.62 bits per heavy atom. The van der Waals surface area contributed by atoms with E-state index < -0.39 is 0 Å². The lowest BCUT2D eigenvalue weighted by Gasteiger charge is -2.21. The average Bonchev–Trinajstić information content (AvgIpc) is 1.30. The quantitative estimate of drug-likeness (QED) is 0.307. The van der Waals surface area contributed by atoms with Gasteiger partial charge in [0.05, 0.1) is 27.7 Å². The highest BCUT2D eigenvalue weighted by molar-refractivity contribution is 4.19. The fourth-order valence-electron chi connectivity index (χ4n) is 0.300. The Labute approximate surface area is 50.4 Å². The van der Waals surface area contributed by atoms with Crippen molar-refractivity contribution in [1.29, 1.82) is 0 Å². The van der Waals surface area contributed by atoms with Gasteiger partial charge < -0.3 is 15.1 Å². The minimum absolute atomic E-state index is 0. The molecule has 0 aromatic rings. The molecule has 0 bridgehead atoms. The zero-order valence-electron chi connectivity index (χ0n) is 5.76. The molecule has 0 fully saturated rings. The van der Waals surface area contributed by atoms with Crippen LogP contribution in [0.5, 0.6) is 0 Å². The highest BCUT2D eigenvalue weighted by Crippen LogP contribution is 1.84. The Kier molecular flexibility index (Phi) is 5.17. The summed E-state index contributed by atoms with van der Waals surface area (Å²) in [6, 6.07) is 0. The van der Waals surface area contributed by atoms with Crippen LogP contribution in [0, 0.1) is 0 Å². The van der Waals surface area contributed by atoms with Crippen LogP contribution in [0.25, 0.3) is 0 Å². The number of likely N-dealkylation sites (N-methyl/N-ethyl adjacent to an activating group) is 1. The molecule has 0 aromatic heterocycles. The molecule has 0 rings (SSSR count). The van der Waals surface area contributed by atoms with Crippen molar-refractivity contribution in [2.45, 2.75) is 0 Å². The van der Waals surface area contributed by atoms with Gasteiger partial charge in [-0.05, 0) is 0 Å². The number of quaternary nitrogens is 1. The molecule has 3 nitrogen and oxygen atoms in total. The van der Waals surface area contributed by atoms with Crippen LogP contribution in [-0.2, 0) is 0 Å². The second-order valence-electron chi connectivity index (χ2n) is 2.74. The molecule has 2 N–H and O–H groups in total. The SMILES string of the molecule is [13CH3][15N+]([13CH3])([13CH3])CCO.[OH-]. The lowest BCUT2D eigenvalue weighted by Crippen LogP contribution is -2.36. The monoisotopic (exact) mass is 125 g/mol. The molecular formula is C5H15NO2. The molecule has 0 saturated heterocycles. The predicted molar refractivity (Wildman–Crippen MR) is 31.9 cm³/mol. The smallest absolute Gasteiger partial charge is 0.101 e. The minimum Gasteiger partial charge on any atom is -0.870 e. The topological polar surface area (TPSA) is 50.2 Å². The first-order valence-corrected chi connectivity index (χ1v) is 2.47. The maximum Gasteiger partial charge on any atom is 0.101 e. The van der Waals surface area contributed by atoms with Gasteiger partial charge in [0.2, 0.25) is 0 Å². The number of hydrogen-bond acceptors (Lipinski definition) is 2. The normalized spacial score (nSPS) is 10.5. The third kappa shape index (κ3) is 9.30. The highest BCUT2D eigenvalue weighted by atomic mass is 16.3. The zero-order valence-corrected chi connectivity index (χ0v) is 5.76. The van der Waals surface area contributed by atoms with Crippen molar-refractivity contribution < 1.29 is 15.1 Å². The van der Waals surface area contributed by atoms with E-state index in [2.05, 4.69) is 21.1 Å². The number of nitrogens with zero attached hydrogens (tertiary/aromatic N) is 1. The molecule has 0 aromatic carbocycles. The van der Waals surface area contributed by atoms with Crippen LogP contribution in [0.2, 0.25) is 0 Å². The van der Waals surface area contributed by atoms with Gasteiger partial charge in [0.15, 0.2) is 0 Å². The summed E-state index contributed by atoms with van der Waals surface area (Å²) in [5.41, 5.74) is 0. The molecule has 0 saturated carbocycles. The van der Waals surface area contributed by atoms with Crippen molar-refractivity contribution in [2.24, 2.45) is 0 Å². The lowest BCUT2D eigenvalue weighted by atomic mass is 10.7. The maximum absolute atomic E-state index is 8.39. The van der Waals surface area contributed by atoms with Crippen LogP contribution in [0.1, 0.15) is 0 Å². The summed E-state index contributed by atoms with van der Waals surface area (Å²) in [5.74, 6) is 0. The predicted octanol–water partition coefficient (Wildman–Crippen LogP) is -0.492. The van der Waals surface area contributed by atoms with Gasteiger partial charge >= 0.3 is 0 Å². The van der Waals surface area contributed by atoms with Gasteiger partial charge in [-0.2, -0.15) is 0 Å². The Balaban J connectivity index is 0. The number of hydrogen-bond donors (Lipinski definition) is 1. The molecule has 0 aliphatic heterocycles. The molecule has 0 spiro atoms. The van der Waals surface area contributed by atoms with Crippen molar-refractivity contribution in [3.05, 3.63) is 0 Å². The van der Waals surface area contributed by atoms with Gasteiger partial charge in [0.25, 0.3) is 0 Å². The van der Waals surface area contributed by atoms with E-state index in [0.717, 1.165) is 11.0 Å². The molecule has 3 heteroatoms. The summed E-state index contributed by atoms with van der Waals surface area (Å²) in [6.45, 7) is 1.11. The van der Waals surface area contributed by atoms with Crippen LogP contribution in [-0.4, -0.2) is 49.4 Å². The molecule has 8 heavy (non-hydrogen) atoms. The first kappa shape index (κ1) is 10.8. The largest absolute Gasteiger partial charge is 0.870 e. The highest BCUT2D eigenvalue weighted by Gasteiger charge is 2.02. The Morgan fingerprint density at radius 1 is 1.25 bits per heavy atom. The van der Waals surface area contributed by atoms with Gasteiger partial charge in [-0.1, -0.05) is 0 Å². The van der Waals surface area contributed by atoms with Crippen molar-refractivity contribution in [1.82, 2.24) is 0 Å². The van der Waals surface area contributed by atoms with E-state index in [4.69, 9.17) is 5.11 Å². The third-order valence-corrected chi connectivity index (χ3v) is 0.771. The van der Waals surface area contributed by atoms with E-state index in [1.54, 1.807) is 0 Å². The minimum atomic E-state index is 0. The summed E-state index contributed by atoms with van der Waals surface area (Å²) < 4.78 is 0.844. The standard InChI is InChI=1S/C5H14NO.H2O/c1-6(2,3)4-5-7;/h7H,4-5H2,1-3H3;1H2/q+1;/p-1/i1+1,2+1,3+1,6+1;. The summed E-state index contributed by atoms with van der Waals surface area (Å²) >= 11 is 0. The van der Waals surface area contributed by atoms with E-state index in [1.165, 1.54) is 0 Å². The van der Waals surface area contributed by atoms with Gasteiger partial charge in [-0.15, -0.1) is 0 Å². The van der Waals surface area contributed by atoms with E-state index in [1.807, 2.05) is 0 Å². The van der Waals surface area contributed by atoms with Gasteiger partial charge in [0.1, 0.15) is 6.54 Å². The van der Waals surface area contributed by atoms with Crippen molar-refractivity contribution in [3.8, 4) is 0 Å². The molecule has 0 heterocycles. The van der Waals surface area contributed by atoms with E-state index in [9.17, 15) is 0 Å². The Bertz CT molecular complexity index is 48.9. The molecule has 0 atom stereocenters. The summed E-state index contributed by atoms with van der Waals surface area (Å²) in [4.78, 5) is 0. The van der Waals surface area contributed by atoms with E-state index >= 15 is 0 Å². The number of rotatable bonds is 2. The maximum atomic E-state index is 8.39. The van der Waals surface area contributed by atoms with Crippen molar-refractivity contribution in [2.75, 3.05) is 34.3 Å². The molecule has 0 amide bonds. The van der Waals surface area contributed by atoms with Crippen molar-refractivity contribution >= 4 is 0 Å². The van der Waals surface area contributed by atoms with E-state index in [-0.39, 0.29) is 12.1 Å². The third-order valence-electron chi connectivity index (χ3n) is 0.771. The van der Waals surface area contributed by atoms with Crippen LogP contribution < -0.4 is 0 Å². The van der Waals surface area contributed by atoms with Crippen LogP contribution >= 0.6 is 0 Å².